The molecule has 0 aliphatic carbocycles. The maximum atomic E-state index is 12.7. The second-order valence-corrected chi connectivity index (χ2v) is 27.0. The van der Waals surface area contributed by atoms with Crippen LogP contribution in [0.1, 0.15) is 325 Å². The molecule has 0 bridgehead atoms. The van der Waals surface area contributed by atoms with E-state index in [2.05, 4.69) is 54.5 Å². The van der Waals surface area contributed by atoms with Crippen LogP contribution < -0.4 is 26.8 Å². The number of nitro benzene ring substituents is 2. The van der Waals surface area contributed by atoms with Crippen molar-refractivity contribution < 1.29 is 50.7 Å². The van der Waals surface area contributed by atoms with Crippen molar-refractivity contribution in [1.29, 1.82) is 0 Å². The van der Waals surface area contributed by atoms with E-state index in [1.807, 2.05) is 0 Å². The molecule has 540 valence electrons. The second kappa shape index (κ2) is 45.7. The zero-order valence-electron chi connectivity index (χ0n) is 59.2. The first-order chi connectivity index (χ1) is 47.0. The molecule has 0 saturated carbocycles. The number of phenolic OH excluding ortho intramolecular Hbond substituents is 8. The number of aromatic hydroxyl groups is 8. The number of hydrazine groups is 1. The van der Waals surface area contributed by atoms with Crippen LogP contribution in [0, 0.1) is 20.2 Å². The lowest BCUT2D eigenvalue weighted by Crippen LogP contribution is -2.16. The van der Waals surface area contributed by atoms with Crippen molar-refractivity contribution in [1.82, 2.24) is 0 Å². The van der Waals surface area contributed by atoms with Crippen molar-refractivity contribution in [2.75, 3.05) is 26.8 Å². The molecule has 0 heterocycles. The molecule has 0 aliphatic rings. The van der Waals surface area contributed by atoms with Crippen molar-refractivity contribution in [3.05, 3.63) is 109 Å². The van der Waals surface area contributed by atoms with Gasteiger partial charge in [0, 0.05) is 28.8 Å². The Morgan fingerprint density at radius 1 is 0.320 bits per heavy atom. The van der Waals surface area contributed by atoms with Crippen LogP contribution in [0.25, 0.3) is 0 Å². The van der Waals surface area contributed by atoms with Crippen molar-refractivity contribution in [2.24, 2.45) is 0 Å². The molecule has 0 aromatic heterocycles. The first-order valence-electron chi connectivity index (χ1n) is 37.5. The Kier molecular flexibility index (Phi) is 37.7. The molecule has 5 aromatic rings. The van der Waals surface area contributed by atoms with Gasteiger partial charge in [0.05, 0.1) is 39.7 Å². The number of non-ortho nitro benzene ring substituents is 2. The first kappa shape index (κ1) is 80.0. The molecule has 13 N–H and O–H groups in total. The summed E-state index contributed by atoms with van der Waals surface area (Å²) in [5.41, 5.74) is 5.79. The van der Waals surface area contributed by atoms with E-state index in [-0.39, 0.29) is 68.5 Å². The first-order valence-corrected chi connectivity index (χ1v) is 37.5. The summed E-state index contributed by atoms with van der Waals surface area (Å²) in [5.74, 6) is -2.13. The molecule has 0 aliphatic heterocycles. The number of hydrogen-bond donors (Lipinski definition) is 13. The van der Waals surface area contributed by atoms with Crippen molar-refractivity contribution in [3.8, 4) is 46.0 Å². The monoisotopic (exact) mass is 1350 g/mol. The van der Waals surface area contributed by atoms with Gasteiger partial charge in [-0.05, 0) is 80.1 Å². The van der Waals surface area contributed by atoms with E-state index in [4.69, 9.17) is 0 Å². The highest BCUT2D eigenvalue weighted by molar-refractivity contribution is 5.76. The number of anilines is 5. The lowest BCUT2D eigenvalue weighted by molar-refractivity contribution is -0.394. The summed E-state index contributed by atoms with van der Waals surface area (Å²) >= 11 is 0. The van der Waals surface area contributed by atoms with Crippen LogP contribution >= 0.6 is 0 Å². The van der Waals surface area contributed by atoms with Crippen molar-refractivity contribution in [2.45, 2.75) is 309 Å². The van der Waals surface area contributed by atoms with Crippen molar-refractivity contribution in [3.63, 3.8) is 0 Å². The molecule has 3 unspecified atom stereocenters. The molecule has 5 rings (SSSR count). The molecule has 0 spiro atoms. The Labute approximate surface area is 579 Å². The van der Waals surface area contributed by atoms with Crippen LogP contribution in [-0.2, 0) is 6.42 Å². The topological polar surface area (TPSA) is 308 Å². The van der Waals surface area contributed by atoms with E-state index in [1.165, 1.54) is 140 Å². The molecule has 0 radical (unpaired) electrons. The molecule has 3 atom stereocenters. The lowest BCUT2D eigenvalue weighted by Gasteiger charge is -2.28. The number of phenols is 8. The van der Waals surface area contributed by atoms with E-state index in [9.17, 15) is 61.1 Å². The number of aryl methyl sites for hydroxylation is 1. The molecule has 0 amide bonds. The Bertz CT molecular complexity index is 3060. The van der Waals surface area contributed by atoms with Crippen LogP contribution in [0.4, 0.5) is 39.8 Å². The molecule has 0 saturated heterocycles. The normalized spacial score (nSPS) is 12.3. The average Bonchev–Trinajstić information content (AvgIpc) is 0.800. The number of benzene rings is 5. The number of unbranched alkanes of at least 4 members (excludes halogenated alkanes) is 33. The van der Waals surface area contributed by atoms with Gasteiger partial charge in [-0.25, -0.2) is 0 Å². The van der Waals surface area contributed by atoms with E-state index in [0.717, 1.165) is 133 Å². The van der Waals surface area contributed by atoms with Gasteiger partial charge >= 0.3 is 0 Å². The quantitative estimate of drug-likeness (QED) is 0.00745. The maximum Gasteiger partial charge on any atom is 0.278 e. The van der Waals surface area contributed by atoms with Crippen LogP contribution in [0.2, 0.25) is 0 Å². The third kappa shape index (κ3) is 27.6. The SMILES string of the molecule is CCCCCCCCCCCCc1ccc(O)c(NC(CCCCCCCCCCC)c2ccc(O)c(NC(CCCCCCCCCCC)c3ccc(O)c(NC(CCCCCCCCCCC)c4ccc(O)c(NNc5cc([N+](=O)[O-])cc([N+](=O)[O-])c5)c4O)c3O)c2O)c1O. The summed E-state index contributed by atoms with van der Waals surface area (Å²) in [5, 5.41) is 129. The van der Waals surface area contributed by atoms with Gasteiger partial charge in [0.1, 0.15) is 68.7 Å². The van der Waals surface area contributed by atoms with Gasteiger partial charge in [0.15, 0.2) is 0 Å². The number of nitrogens with one attached hydrogen (secondary N) is 5. The third-order valence-electron chi connectivity index (χ3n) is 19.1. The largest absolute Gasteiger partial charge is 0.506 e. The van der Waals surface area contributed by atoms with Crippen LogP contribution in [0.5, 0.6) is 46.0 Å². The highest BCUT2D eigenvalue weighted by Gasteiger charge is 2.29. The third-order valence-corrected chi connectivity index (χ3v) is 19.1. The van der Waals surface area contributed by atoms with E-state index in [1.54, 1.807) is 24.3 Å². The number of nitro groups is 2. The smallest absolute Gasteiger partial charge is 0.278 e. The fraction of sp³-hybridized carbons (Fsp3) is 0.615. The summed E-state index contributed by atoms with van der Waals surface area (Å²) < 4.78 is 0. The Morgan fingerprint density at radius 2 is 0.588 bits per heavy atom. The van der Waals surface area contributed by atoms with Gasteiger partial charge in [-0.3, -0.25) is 25.7 Å². The number of rotatable bonds is 55. The fourth-order valence-corrected chi connectivity index (χ4v) is 13.2. The molecule has 0 fully saturated rings. The Hall–Kier alpha value is -7.70. The van der Waals surface area contributed by atoms with Gasteiger partial charge < -0.3 is 62.2 Å². The highest BCUT2D eigenvalue weighted by atomic mass is 16.6. The summed E-state index contributed by atoms with van der Waals surface area (Å²) in [4.78, 5) is 21.9. The van der Waals surface area contributed by atoms with Crippen molar-refractivity contribution >= 4 is 39.8 Å². The van der Waals surface area contributed by atoms with E-state index in [0.29, 0.717) is 49.7 Å². The van der Waals surface area contributed by atoms with Gasteiger partial charge in [-0.15, -0.1) is 0 Å². The zero-order chi connectivity index (χ0) is 70.2. The lowest BCUT2D eigenvalue weighted by atomic mass is 9.94. The van der Waals surface area contributed by atoms with Gasteiger partial charge in [0.25, 0.3) is 11.4 Å². The summed E-state index contributed by atoms with van der Waals surface area (Å²) in [6, 6.07) is 13.3. The van der Waals surface area contributed by atoms with Crippen LogP contribution in [0.15, 0.2) is 66.7 Å². The molecular weight excluding hydrogens is 1230 g/mol. The molecule has 19 heteroatoms. The predicted octanol–water partition coefficient (Wildman–Crippen LogP) is 23.3. The molecule has 5 aromatic carbocycles. The van der Waals surface area contributed by atoms with Gasteiger partial charge in [-0.1, -0.05) is 265 Å². The highest BCUT2D eigenvalue weighted by Crippen LogP contribution is 2.50. The minimum absolute atomic E-state index is 0.0213. The second-order valence-electron chi connectivity index (χ2n) is 27.0. The minimum Gasteiger partial charge on any atom is -0.506 e. The summed E-state index contributed by atoms with van der Waals surface area (Å²) in [7, 11) is 0. The Balaban J connectivity index is 1.52. The summed E-state index contributed by atoms with van der Waals surface area (Å²) in [6.07, 6.45) is 42.5. The molecule has 97 heavy (non-hydrogen) atoms. The van der Waals surface area contributed by atoms with E-state index < -0.39 is 50.8 Å². The maximum absolute atomic E-state index is 12.7. The fourth-order valence-electron chi connectivity index (χ4n) is 13.2. The molecular formula is C78H121N7O12. The summed E-state index contributed by atoms with van der Waals surface area (Å²) in [6.45, 7) is 8.84. The standard InChI is InChI=1S/C78H121N7O12/c1-5-9-13-17-21-25-29-30-34-38-42-57-46-50-67(86)71(75(57)90)79-64(43-39-35-31-26-22-18-14-10-6-2)61-47-51-68(87)72(76(61)91)80-65(44-40-36-32-27-23-19-15-11-7-3)62-48-52-69(88)73(77(62)92)81-66(45-41-37-33-28-24-20-16-12-8-4)63-49-53-70(89)74(78(63)93)83-82-58-54-59(84(94)95)56-60(55-58)85(96)97/h46-56,64-66,79-83,86-93H,5-45H2,1-4H3. The average molecular weight is 1350 g/mol. The van der Waals surface area contributed by atoms with Crippen LogP contribution in [-0.4, -0.2) is 50.7 Å². The van der Waals surface area contributed by atoms with Gasteiger partial charge in [0.2, 0.25) is 0 Å². The van der Waals surface area contributed by atoms with Gasteiger partial charge in [-0.2, -0.15) is 0 Å². The minimum atomic E-state index is -0.820. The van der Waals surface area contributed by atoms with Crippen LogP contribution in [0.3, 0.4) is 0 Å². The molecule has 19 nitrogen and oxygen atoms in total. The predicted molar refractivity (Wildman–Crippen MR) is 396 cm³/mol. The zero-order valence-corrected chi connectivity index (χ0v) is 59.2. The number of hydrogen-bond acceptors (Lipinski definition) is 17. The van der Waals surface area contributed by atoms with E-state index >= 15 is 0 Å². The Morgan fingerprint density at radius 3 is 0.907 bits per heavy atom. The number of nitrogens with zero attached hydrogens (tertiary/aromatic N) is 2.